The summed E-state index contributed by atoms with van der Waals surface area (Å²) in [6.45, 7) is 3.66. The number of aromatic nitrogens is 1. The Balaban J connectivity index is 1.88. The number of aryl methyl sites for hydroxylation is 2. The van der Waals surface area contributed by atoms with E-state index in [1.165, 1.54) is 10.8 Å². The van der Waals surface area contributed by atoms with E-state index in [1.807, 2.05) is 32.0 Å². The molecule has 7 nitrogen and oxygen atoms in total. The smallest absolute Gasteiger partial charge is 0.286 e. The first-order valence-corrected chi connectivity index (χ1v) is 7.78. The first-order valence-electron chi connectivity index (χ1n) is 7.78. The lowest BCUT2D eigenvalue weighted by Gasteiger charge is -2.11. The number of primary amides is 1. The number of nitrogens with two attached hydrogens (primary N) is 1. The number of benzene rings is 1. The van der Waals surface area contributed by atoms with Gasteiger partial charge in [-0.1, -0.05) is 18.2 Å². The van der Waals surface area contributed by atoms with E-state index in [0.29, 0.717) is 5.56 Å². The standard InChI is InChI=1S/C18H20N4O3/c1-12-5-3-6-13(2)17(12)21-15(23)9-20-16(24)11-22-8-4-7-14(10-22)18(19)25/h3-8,10H,9,11H2,1-2H3,(H3-,19,20,21,23,24,25)/p+1. The van der Waals surface area contributed by atoms with Crippen LogP contribution in [0.3, 0.4) is 0 Å². The number of pyridine rings is 1. The Morgan fingerprint density at radius 1 is 1.04 bits per heavy atom. The number of hydrogen-bond donors (Lipinski definition) is 3. The lowest BCUT2D eigenvalue weighted by Crippen LogP contribution is -2.45. The molecule has 2 aromatic rings. The number of hydrogen-bond acceptors (Lipinski definition) is 3. The maximum atomic E-state index is 12.0. The van der Waals surface area contributed by atoms with Gasteiger partial charge in [-0.25, -0.2) is 0 Å². The zero-order valence-electron chi connectivity index (χ0n) is 14.2. The van der Waals surface area contributed by atoms with E-state index in [4.69, 9.17) is 5.73 Å². The van der Waals surface area contributed by atoms with Crippen LogP contribution in [0.4, 0.5) is 5.69 Å². The summed E-state index contributed by atoms with van der Waals surface area (Å²) in [5.74, 6) is -1.22. The fourth-order valence-corrected chi connectivity index (χ4v) is 2.36. The van der Waals surface area contributed by atoms with Crippen LogP contribution in [0.25, 0.3) is 0 Å². The van der Waals surface area contributed by atoms with Crippen LogP contribution in [-0.4, -0.2) is 24.3 Å². The van der Waals surface area contributed by atoms with Gasteiger partial charge in [0.05, 0.1) is 6.54 Å². The van der Waals surface area contributed by atoms with Crippen molar-refractivity contribution < 1.29 is 19.0 Å². The van der Waals surface area contributed by atoms with Crippen LogP contribution in [0.2, 0.25) is 0 Å². The van der Waals surface area contributed by atoms with Crippen molar-refractivity contribution in [3.8, 4) is 0 Å². The molecule has 0 unspecified atom stereocenters. The minimum absolute atomic E-state index is 0.0161. The number of carbonyl (C=O) groups is 3. The van der Waals surface area contributed by atoms with Crippen molar-refractivity contribution in [2.75, 3.05) is 11.9 Å². The molecule has 2 rings (SSSR count). The van der Waals surface area contributed by atoms with Gasteiger partial charge in [0, 0.05) is 11.8 Å². The largest absolute Gasteiger partial charge is 0.365 e. The van der Waals surface area contributed by atoms with Crippen molar-refractivity contribution >= 4 is 23.4 Å². The molecule has 1 aromatic carbocycles. The van der Waals surface area contributed by atoms with Crippen molar-refractivity contribution in [2.24, 2.45) is 5.73 Å². The zero-order valence-corrected chi connectivity index (χ0v) is 14.2. The molecule has 1 aromatic heterocycles. The predicted octanol–water partition coefficient (Wildman–Crippen LogP) is 0.445. The zero-order chi connectivity index (χ0) is 18.4. The van der Waals surface area contributed by atoms with E-state index in [1.54, 1.807) is 18.3 Å². The summed E-state index contributed by atoms with van der Waals surface area (Å²) in [7, 11) is 0. The van der Waals surface area contributed by atoms with E-state index in [-0.39, 0.29) is 24.9 Å². The van der Waals surface area contributed by atoms with Gasteiger partial charge in [0.15, 0.2) is 12.4 Å². The maximum Gasteiger partial charge on any atom is 0.286 e. The number of amides is 3. The predicted molar refractivity (Wildman–Crippen MR) is 92.7 cm³/mol. The Bertz CT molecular complexity index is 797. The van der Waals surface area contributed by atoms with Gasteiger partial charge in [-0.2, -0.15) is 4.57 Å². The first-order chi connectivity index (χ1) is 11.9. The van der Waals surface area contributed by atoms with Crippen molar-refractivity contribution in [3.05, 3.63) is 59.4 Å². The number of nitrogens with zero attached hydrogens (tertiary/aromatic N) is 1. The molecule has 0 spiro atoms. The van der Waals surface area contributed by atoms with Crippen LogP contribution in [0.15, 0.2) is 42.7 Å². The summed E-state index contributed by atoms with van der Waals surface area (Å²) in [6, 6.07) is 8.92. The van der Waals surface area contributed by atoms with Crippen molar-refractivity contribution in [3.63, 3.8) is 0 Å². The summed E-state index contributed by atoms with van der Waals surface area (Å²) in [6.07, 6.45) is 3.13. The molecule has 4 N–H and O–H groups in total. The minimum atomic E-state index is -0.567. The van der Waals surface area contributed by atoms with Crippen LogP contribution in [0.1, 0.15) is 21.5 Å². The van der Waals surface area contributed by atoms with Crippen LogP contribution >= 0.6 is 0 Å². The highest BCUT2D eigenvalue weighted by atomic mass is 16.2. The third kappa shape index (κ3) is 5.13. The number of para-hydroxylation sites is 1. The molecule has 0 aliphatic carbocycles. The maximum absolute atomic E-state index is 12.0. The molecule has 0 saturated heterocycles. The molecule has 3 amide bonds. The minimum Gasteiger partial charge on any atom is -0.365 e. The van der Waals surface area contributed by atoms with E-state index in [9.17, 15) is 14.4 Å². The Hall–Kier alpha value is -3.22. The average molecular weight is 341 g/mol. The normalized spacial score (nSPS) is 10.2. The topological polar surface area (TPSA) is 105 Å². The van der Waals surface area contributed by atoms with Crippen LogP contribution in [0, 0.1) is 13.8 Å². The summed E-state index contributed by atoms with van der Waals surface area (Å²) in [4.78, 5) is 35.1. The Labute approximate surface area is 145 Å². The number of nitrogens with one attached hydrogen (secondary N) is 2. The summed E-state index contributed by atoms with van der Waals surface area (Å²) in [5, 5.41) is 5.35. The molecular formula is C18H21N4O3+. The second kappa shape index (κ2) is 8.05. The SMILES string of the molecule is Cc1cccc(C)c1NC(=O)CNC(=O)C[n+]1cccc(C(N)=O)c1. The van der Waals surface area contributed by atoms with Crippen molar-refractivity contribution in [1.82, 2.24) is 5.32 Å². The molecular weight excluding hydrogens is 320 g/mol. The van der Waals surface area contributed by atoms with E-state index in [0.717, 1.165) is 16.8 Å². The number of carbonyl (C=O) groups excluding carboxylic acids is 3. The quantitative estimate of drug-likeness (QED) is 0.664. The third-order valence-electron chi connectivity index (χ3n) is 3.66. The van der Waals surface area contributed by atoms with E-state index < -0.39 is 5.91 Å². The van der Waals surface area contributed by atoms with E-state index in [2.05, 4.69) is 10.6 Å². The second-order valence-corrected chi connectivity index (χ2v) is 5.72. The third-order valence-corrected chi connectivity index (χ3v) is 3.66. The molecule has 25 heavy (non-hydrogen) atoms. The van der Waals surface area contributed by atoms with Gasteiger partial charge in [-0.15, -0.1) is 0 Å². The lowest BCUT2D eigenvalue weighted by atomic mass is 10.1. The number of anilines is 1. The molecule has 0 fully saturated rings. The lowest BCUT2D eigenvalue weighted by molar-refractivity contribution is -0.684. The van der Waals surface area contributed by atoms with Crippen molar-refractivity contribution in [1.29, 1.82) is 0 Å². The number of rotatable bonds is 6. The molecule has 0 aliphatic heterocycles. The fraction of sp³-hybridized carbons (Fsp3) is 0.222. The van der Waals surface area contributed by atoms with Crippen LogP contribution in [-0.2, 0) is 16.1 Å². The van der Waals surface area contributed by atoms with Gasteiger partial charge in [0.1, 0.15) is 5.56 Å². The molecule has 7 heteroatoms. The molecule has 1 heterocycles. The van der Waals surface area contributed by atoms with Crippen LogP contribution < -0.4 is 20.9 Å². The highest BCUT2D eigenvalue weighted by molar-refractivity contribution is 5.95. The first kappa shape index (κ1) is 18.1. The average Bonchev–Trinajstić information content (AvgIpc) is 2.56. The second-order valence-electron chi connectivity index (χ2n) is 5.72. The van der Waals surface area contributed by atoms with Gasteiger partial charge in [-0.3, -0.25) is 14.4 Å². The summed E-state index contributed by atoms with van der Waals surface area (Å²) in [5.41, 5.74) is 8.18. The molecule has 0 saturated carbocycles. The van der Waals surface area contributed by atoms with Gasteiger partial charge in [-0.05, 0) is 31.0 Å². The summed E-state index contributed by atoms with van der Waals surface area (Å²) < 4.78 is 1.53. The molecule has 0 bridgehead atoms. The molecule has 0 atom stereocenters. The Morgan fingerprint density at radius 2 is 1.72 bits per heavy atom. The van der Waals surface area contributed by atoms with Crippen LogP contribution in [0.5, 0.6) is 0 Å². The van der Waals surface area contributed by atoms with Gasteiger partial charge in [0.25, 0.3) is 11.8 Å². The van der Waals surface area contributed by atoms with Gasteiger partial charge >= 0.3 is 0 Å². The monoisotopic (exact) mass is 341 g/mol. The highest BCUT2D eigenvalue weighted by Gasteiger charge is 2.14. The Kier molecular flexibility index (Phi) is 5.84. The van der Waals surface area contributed by atoms with Crippen molar-refractivity contribution in [2.45, 2.75) is 20.4 Å². The van der Waals surface area contributed by atoms with E-state index >= 15 is 0 Å². The molecule has 130 valence electrons. The van der Waals surface area contributed by atoms with Gasteiger partial charge in [0.2, 0.25) is 12.5 Å². The van der Waals surface area contributed by atoms with Gasteiger partial charge < -0.3 is 16.4 Å². The fourth-order valence-electron chi connectivity index (χ4n) is 2.36. The summed E-state index contributed by atoms with van der Waals surface area (Å²) >= 11 is 0. The highest BCUT2D eigenvalue weighted by Crippen LogP contribution is 2.18. The molecule has 0 radical (unpaired) electrons. The molecule has 0 aliphatic rings. The Morgan fingerprint density at radius 3 is 2.36 bits per heavy atom.